The summed E-state index contributed by atoms with van der Waals surface area (Å²) in [6, 6.07) is 12.5. The predicted molar refractivity (Wildman–Crippen MR) is 92.9 cm³/mol. The van der Waals surface area contributed by atoms with Gasteiger partial charge in [0.1, 0.15) is 5.75 Å². The van der Waals surface area contributed by atoms with Crippen molar-refractivity contribution in [2.45, 2.75) is 4.90 Å². The number of anilines is 1. The number of carbonyl (C=O) groups excluding carboxylic acids is 1. The van der Waals surface area contributed by atoms with Gasteiger partial charge in [-0.1, -0.05) is 11.6 Å². The summed E-state index contributed by atoms with van der Waals surface area (Å²) >= 11 is 5.76. The molecular weight excluding hydrogens is 352 g/mol. The molecule has 0 saturated heterocycles. The van der Waals surface area contributed by atoms with Crippen LogP contribution >= 0.6 is 11.6 Å². The number of nitrogens with one attached hydrogen (secondary N) is 1. The molecule has 0 heterocycles. The van der Waals surface area contributed by atoms with Crippen molar-refractivity contribution in [3.05, 3.63) is 53.6 Å². The lowest BCUT2D eigenvalue weighted by molar-refractivity contribution is -0.116. The number of amides is 1. The van der Waals surface area contributed by atoms with Crippen LogP contribution in [0.5, 0.6) is 5.75 Å². The van der Waals surface area contributed by atoms with Crippen molar-refractivity contribution in [2.24, 2.45) is 0 Å². The predicted octanol–water partition coefficient (Wildman–Crippen LogP) is 2.61. The number of sulfonamides is 1. The summed E-state index contributed by atoms with van der Waals surface area (Å²) in [5.41, 5.74) is 0.554. The maximum absolute atomic E-state index is 12.4. The first-order valence-corrected chi connectivity index (χ1v) is 8.80. The highest BCUT2D eigenvalue weighted by atomic mass is 35.5. The van der Waals surface area contributed by atoms with Crippen LogP contribution in [0.15, 0.2) is 53.4 Å². The zero-order chi connectivity index (χ0) is 17.7. The fraction of sp³-hybridized carbons (Fsp3) is 0.188. The van der Waals surface area contributed by atoms with Gasteiger partial charge < -0.3 is 10.1 Å². The van der Waals surface area contributed by atoms with E-state index in [0.29, 0.717) is 16.5 Å². The summed E-state index contributed by atoms with van der Waals surface area (Å²) in [5, 5.41) is 3.07. The molecule has 24 heavy (non-hydrogen) atoms. The Morgan fingerprint density at radius 2 is 1.71 bits per heavy atom. The molecule has 0 atom stereocenters. The lowest BCUT2D eigenvalue weighted by Gasteiger charge is -2.17. The molecule has 0 saturated carbocycles. The zero-order valence-electron chi connectivity index (χ0n) is 13.2. The van der Waals surface area contributed by atoms with Gasteiger partial charge in [-0.2, -0.15) is 4.31 Å². The fourth-order valence-corrected chi connectivity index (χ4v) is 3.20. The highest BCUT2D eigenvalue weighted by molar-refractivity contribution is 7.89. The molecule has 0 radical (unpaired) electrons. The molecule has 6 nitrogen and oxygen atoms in total. The number of hydrogen-bond acceptors (Lipinski definition) is 4. The van der Waals surface area contributed by atoms with Crippen LogP contribution < -0.4 is 10.1 Å². The monoisotopic (exact) mass is 368 g/mol. The summed E-state index contributed by atoms with van der Waals surface area (Å²) in [5.74, 6) is 0.218. The minimum absolute atomic E-state index is 0.0756. The van der Waals surface area contributed by atoms with Crippen molar-refractivity contribution in [2.75, 3.05) is 26.0 Å². The third-order valence-electron chi connectivity index (χ3n) is 3.26. The fourth-order valence-electron chi connectivity index (χ4n) is 1.95. The normalized spacial score (nSPS) is 11.3. The van der Waals surface area contributed by atoms with Crippen LogP contribution in [0, 0.1) is 0 Å². The average molecular weight is 369 g/mol. The Kier molecular flexibility index (Phi) is 5.82. The van der Waals surface area contributed by atoms with E-state index in [1.54, 1.807) is 31.4 Å². The molecule has 0 aliphatic heterocycles. The minimum Gasteiger partial charge on any atom is -0.497 e. The molecule has 8 heteroatoms. The van der Waals surface area contributed by atoms with Crippen LogP contribution in [0.1, 0.15) is 0 Å². The Balaban J connectivity index is 2.03. The van der Waals surface area contributed by atoms with Gasteiger partial charge in [0.2, 0.25) is 15.9 Å². The van der Waals surface area contributed by atoms with E-state index in [1.165, 1.54) is 31.3 Å². The van der Waals surface area contributed by atoms with E-state index in [2.05, 4.69) is 5.32 Å². The second-order valence-electron chi connectivity index (χ2n) is 4.99. The molecule has 2 aromatic carbocycles. The van der Waals surface area contributed by atoms with E-state index in [9.17, 15) is 13.2 Å². The van der Waals surface area contributed by atoms with Crippen molar-refractivity contribution in [3.63, 3.8) is 0 Å². The molecule has 0 unspecified atom stereocenters. The van der Waals surface area contributed by atoms with Crippen LogP contribution in [-0.2, 0) is 14.8 Å². The van der Waals surface area contributed by atoms with E-state index in [-0.39, 0.29) is 11.4 Å². The topological polar surface area (TPSA) is 75.7 Å². The summed E-state index contributed by atoms with van der Waals surface area (Å²) in [6.45, 7) is -0.309. The molecule has 2 rings (SSSR count). The highest BCUT2D eigenvalue weighted by Gasteiger charge is 2.22. The van der Waals surface area contributed by atoms with Crippen LogP contribution in [0.4, 0.5) is 5.69 Å². The Labute approximate surface area is 146 Å². The van der Waals surface area contributed by atoms with Gasteiger partial charge in [-0.25, -0.2) is 8.42 Å². The number of rotatable bonds is 6. The second kappa shape index (κ2) is 7.65. The van der Waals surface area contributed by atoms with Gasteiger partial charge in [0.05, 0.1) is 18.6 Å². The lowest BCUT2D eigenvalue weighted by Crippen LogP contribution is -2.34. The van der Waals surface area contributed by atoms with Gasteiger partial charge in [-0.05, 0) is 48.5 Å². The molecule has 0 aliphatic carbocycles. The third-order valence-corrected chi connectivity index (χ3v) is 5.33. The summed E-state index contributed by atoms with van der Waals surface area (Å²) in [6.07, 6.45) is 0. The number of ether oxygens (including phenoxy) is 1. The smallest absolute Gasteiger partial charge is 0.243 e. The Morgan fingerprint density at radius 3 is 2.25 bits per heavy atom. The Hall–Kier alpha value is -2.09. The summed E-state index contributed by atoms with van der Waals surface area (Å²) in [4.78, 5) is 12.1. The maximum atomic E-state index is 12.4. The van der Waals surface area contributed by atoms with E-state index in [4.69, 9.17) is 16.3 Å². The first-order chi connectivity index (χ1) is 11.3. The zero-order valence-corrected chi connectivity index (χ0v) is 14.8. The number of likely N-dealkylation sites (N-methyl/N-ethyl adjacent to an activating group) is 1. The van der Waals surface area contributed by atoms with Gasteiger partial charge in [0.25, 0.3) is 0 Å². The number of nitrogens with zero attached hydrogens (tertiary/aromatic N) is 1. The van der Waals surface area contributed by atoms with Crippen LogP contribution in [-0.4, -0.2) is 39.3 Å². The Morgan fingerprint density at radius 1 is 1.12 bits per heavy atom. The molecule has 0 aliphatic rings. The molecule has 0 fully saturated rings. The van der Waals surface area contributed by atoms with E-state index in [1.807, 2.05) is 0 Å². The van der Waals surface area contributed by atoms with E-state index < -0.39 is 15.9 Å². The number of methoxy groups -OCH3 is 1. The van der Waals surface area contributed by atoms with Gasteiger partial charge in [0.15, 0.2) is 0 Å². The van der Waals surface area contributed by atoms with Crippen molar-refractivity contribution in [1.29, 1.82) is 0 Å². The maximum Gasteiger partial charge on any atom is 0.243 e. The van der Waals surface area contributed by atoms with Crippen LogP contribution in [0.3, 0.4) is 0 Å². The standard InChI is InChI=1S/C16H17ClN2O4S/c1-19(24(21,22)15-9-3-12(17)4-10-15)11-16(20)18-13-5-7-14(23-2)8-6-13/h3-10H,11H2,1-2H3,(H,18,20). The van der Waals surface area contributed by atoms with E-state index in [0.717, 1.165) is 4.31 Å². The van der Waals surface area contributed by atoms with Gasteiger partial charge in [-0.15, -0.1) is 0 Å². The molecule has 0 spiro atoms. The molecule has 1 amide bonds. The average Bonchev–Trinajstić information content (AvgIpc) is 2.55. The van der Waals surface area contributed by atoms with Crippen molar-refractivity contribution in [3.8, 4) is 5.75 Å². The first kappa shape index (κ1) is 18.3. The molecule has 1 N–H and O–H groups in total. The van der Waals surface area contributed by atoms with Crippen molar-refractivity contribution < 1.29 is 17.9 Å². The third kappa shape index (κ3) is 4.47. The quantitative estimate of drug-likeness (QED) is 0.850. The van der Waals surface area contributed by atoms with Crippen molar-refractivity contribution >= 4 is 33.2 Å². The first-order valence-electron chi connectivity index (χ1n) is 6.99. The van der Waals surface area contributed by atoms with Gasteiger partial charge >= 0.3 is 0 Å². The number of carbonyl (C=O) groups is 1. The number of hydrogen-bond donors (Lipinski definition) is 1. The highest BCUT2D eigenvalue weighted by Crippen LogP contribution is 2.18. The molecule has 2 aromatic rings. The lowest BCUT2D eigenvalue weighted by atomic mass is 10.3. The summed E-state index contributed by atoms with van der Waals surface area (Å²) in [7, 11) is -0.869. The van der Waals surface area contributed by atoms with Gasteiger partial charge in [-0.3, -0.25) is 4.79 Å². The summed E-state index contributed by atoms with van der Waals surface area (Å²) < 4.78 is 30.8. The number of halogens is 1. The van der Waals surface area contributed by atoms with Crippen LogP contribution in [0.2, 0.25) is 5.02 Å². The van der Waals surface area contributed by atoms with Crippen LogP contribution in [0.25, 0.3) is 0 Å². The molecule has 0 aromatic heterocycles. The largest absolute Gasteiger partial charge is 0.497 e. The number of benzene rings is 2. The van der Waals surface area contributed by atoms with Crippen molar-refractivity contribution in [1.82, 2.24) is 4.31 Å². The Bertz CT molecular complexity index is 805. The second-order valence-corrected chi connectivity index (χ2v) is 7.47. The molecular formula is C16H17ClN2O4S. The van der Waals surface area contributed by atoms with E-state index >= 15 is 0 Å². The SMILES string of the molecule is COc1ccc(NC(=O)CN(C)S(=O)(=O)c2ccc(Cl)cc2)cc1. The molecule has 0 bridgehead atoms. The minimum atomic E-state index is -3.76. The van der Waals surface area contributed by atoms with Gasteiger partial charge in [0, 0.05) is 17.8 Å². The molecule has 128 valence electrons.